The van der Waals surface area contributed by atoms with Gasteiger partial charge in [0.1, 0.15) is 17.3 Å². The van der Waals surface area contributed by atoms with Gasteiger partial charge in [-0.15, -0.1) is 0 Å². The highest BCUT2D eigenvalue weighted by Crippen LogP contribution is 2.74. The van der Waals surface area contributed by atoms with Gasteiger partial charge in [-0.25, -0.2) is 0 Å². The Morgan fingerprint density at radius 2 is 1.72 bits per heavy atom. The number of benzene rings is 1. The summed E-state index contributed by atoms with van der Waals surface area (Å²) in [5, 5.41) is 84.9. The molecule has 11 nitrogen and oxygen atoms in total. The second kappa shape index (κ2) is 17.3. The molecule has 8 bridgehead atoms. The second-order valence-corrected chi connectivity index (χ2v) is 25.6. The van der Waals surface area contributed by atoms with Gasteiger partial charge in [-0.3, -0.25) is 9.59 Å². The number of aryl methyl sites for hydroxylation is 1. The zero-order valence-corrected chi connectivity index (χ0v) is 41.2. The van der Waals surface area contributed by atoms with E-state index in [2.05, 4.69) is 27.7 Å². The van der Waals surface area contributed by atoms with Gasteiger partial charge in [-0.05, 0) is 154 Å². The molecule has 1 aromatic rings. The summed E-state index contributed by atoms with van der Waals surface area (Å²) in [6.45, 7) is 12.8. The fourth-order valence-electron chi connectivity index (χ4n) is 16.2. The van der Waals surface area contributed by atoms with E-state index < -0.39 is 68.4 Å². The molecule has 0 unspecified atom stereocenters. The number of hydrogen-bond donors (Lipinski definition) is 7. The number of aliphatic hydroxyl groups is 6. The van der Waals surface area contributed by atoms with E-state index in [9.17, 15) is 35.7 Å². The van der Waals surface area contributed by atoms with Crippen LogP contribution in [-0.4, -0.2) is 107 Å². The topological polar surface area (TPSA) is 192 Å². The van der Waals surface area contributed by atoms with Crippen molar-refractivity contribution in [2.24, 2.45) is 63.1 Å². The van der Waals surface area contributed by atoms with Crippen LogP contribution >= 0.6 is 21.6 Å². The number of ketones is 1. The third-order valence-corrected chi connectivity index (χ3v) is 22.7. The molecule has 5 aliphatic carbocycles. The van der Waals surface area contributed by atoms with E-state index in [0.717, 1.165) is 50.5 Å². The highest BCUT2D eigenvalue weighted by Gasteiger charge is 2.75. The number of amides is 1. The molecule has 1 amide bonds. The molecule has 5 aliphatic heterocycles. The van der Waals surface area contributed by atoms with Crippen LogP contribution in [0, 0.1) is 63.1 Å². The first-order valence-electron chi connectivity index (χ1n) is 25.2. The number of anilines is 1. The number of carbonyl (C=O) groups is 2. The minimum Gasteiger partial charge on any atom is -0.508 e. The van der Waals surface area contributed by atoms with Crippen molar-refractivity contribution in [1.82, 2.24) is 0 Å². The molecule has 2 saturated heterocycles. The highest BCUT2D eigenvalue weighted by molar-refractivity contribution is 8.76. The maximum absolute atomic E-state index is 15.6. The summed E-state index contributed by atoms with van der Waals surface area (Å²) >= 11 is 0. The fraction of sp³-hybridized carbons (Fsp3) is 0.808. The first-order valence-corrected chi connectivity index (χ1v) is 27.6. The summed E-state index contributed by atoms with van der Waals surface area (Å²) in [6, 6.07) is 5.45. The van der Waals surface area contributed by atoms with Gasteiger partial charge in [0.15, 0.2) is 5.78 Å². The van der Waals surface area contributed by atoms with Gasteiger partial charge >= 0.3 is 0 Å². The lowest BCUT2D eigenvalue weighted by atomic mass is 9.40. The van der Waals surface area contributed by atoms with Gasteiger partial charge < -0.3 is 45.4 Å². The number of epoxide rings is 1. The molecule has 17 atom stereocenters. The first-order chi connectivity index (χ1) is 30.8. The Morgan fingerprint density at radius 1 is 0.969 bits per heavy atom. The van der Waals surface area contributed by atoms with Gasteiger partial charge in [0.25, 0.3) is 0 Å². The Balaban J connectivity index is 1.20. The summed E-state index contributed by atoms with van der Waals surface area (Å²) in [6.07, 6.45) is 7.52. The molecule has 5 heterocycles. The molecule has 0 radical (unpaired) electrons. The van der Waals surface area contributed by atoms with Crippen LogP contribution in [0.15, 0.2) is 29.8 Å². The van der Waals surface area contributed by atoms with E-state index in [-0.39, 0.29) is 66.7 Å². The Morgan fingerprint density at radius 3 is 2.45 bits per heavy atom. The van der Waals surface area contributed by atoms with Crippen molar-refractivity contribution in [2.45, 2.75) is 179 Å². The zero-order valence-electron chi connectivity index (χ0n) is 39.6. The van der Waals surface area contributed by atoms with Crippen LogP contribution in [0.5, 0.6) is 5.75 Å². The van der Waals surface area contributed by atoms with Crippen LogP contribution in [0.4, 0.5) is 5.69 Å². The van der Waals surface area contributed by atoms with Crippen molar-refractivity contribution in [1.29, 1.82) is 0 Å². The second-order valence-electron chi connectivity index (χ2n) is 23.1. The molecule has 13 heteroatoms. The van der Waals surface area contributed by atoms with E-state index in [4.69, 9.17) is 4.74 Å². The number of hydrogen-bond acceptors (Lipinski definition) is 12. The van der Waals surface area contributed by atoms with Crippen molar-refractivity contribution in [3.63, 3.8) is 0 Å². The largest absolute Gasteiger partial charge is 0.508 e. The zero-order chi connectivity index (χ0) is 46.6. The van der Waals surface area contributed by atoms with Gasteiger partial charge in [-0.1, -0.05) is 81.9 Å². The van der Waals surface area contributed by atoms with Crippen LogP contribution in [0.1, 0.15) is 137 Å². The predicted octanol–water partition coefficient (Wildman–Crippen LogP) is 7.34. The maximum atomic E-state index is 15.6. The average molecular weight is 940 g/mol. The van der Waals surface area contributed by atoms with E-state index in [1.54, 1.807) is 18.2 Å². The number of phenols is 1. The number of nitrogens with zero attached hydrogens (tertiary/aromatic N) is 1. The Labute approximate surface area is 394 Å². The van der Waals surface area contributed by atoms with Crippen molar-refractivity contribution in [3.8, 4) is 5.75 Å². The first kappa shape index (κ1) is 48.3. The number of aliphatic hydroxyl groups excluding tert-OH is 4. The molecule has 10 aliphatic rings. The van der Waals surface area contributed by atoms with Crippen LogP contribution in [0.3, 0.4) is 0 Å². The normalized spacial score (nSPS) is 45.2. The minimum absolute atomic E-state index is 0.0214. The number of rotatable bonds is 9. The van der Waals surface area contributed by atoms with Crippen LogP contribution in [0.25, 0.3) is 0 Å². The molecule has 65 heavy (non-hydrogen) atoms. The molecule has 6 fully saturated rings. The SMILES string of the molecule is CCCCC[C@H]1CN2C(=O)[C@]13[C@@H](CO)CCC[C@H]3CSS[C@@H](O)[C@@]13C[C@@H](O)[C@@H](O)C[C@]1(C)[C@H]1CC[C@]4(CCc5cc(O)cc2c5)[C@@H]([C@@](C)(O)[C@@H]2O[C@H]2[C@H](C)C(C)C)CC[C@@]4(O)C1=CC3=O. The quantitative estimate of drug-likeness (QED) is 0.0742. The lowest BCUT2D eigenvalue weighted by molar-refractivity contribution is -0.198. The van der Waals surface area contributed by atoms with Gasteiger partial charge in [0.2, 0.25) is 5.91 Å². The van der Waals surface area contributed by atoms with E-state index in [1.807, 2.05) is 24.8 Å². The number of aromatic hydroxyl groups is 1. The number of unbranched alkanes of at least 4 members (excludes halogenated alkanes) is 2. The van der Waals surface area contributed by atoms with Gasteiger partial charge in [0, 0.05) is 36.1 Å². The fourth-order valence-corrected chi connectivity index (χ4v) is 19.3. The molecular formula is C52H77NO10S2. The summed E-state index contributed by atoms with van der Waals surface area (Å²) in [5.74, 6) is -0.518. The van der Waals surface area contributed by atoms with Gasteiger partial charge in [-0.2, -0.15) is 0 Å². The smallest absolute Gasteiger partial charge is 0.234 e. The monoisotopic (exact) mass is 939 g/mol. The van der Waals surface area contributed by atoms with E-state index in [1.165, 1.54) is 21.6 Å². The molecule has 4 saturated carbocycles. The van der Waals surface area contributed by atoms with Crippen LogP contribution in [0.2, 0.25) is 0 Å². The lowest BCUT2D eigenvalue weighted by Gasteiger charge is -2.65. The number of fused-ring (bicyclic) bond motifs is 2. The third kappa shape index (κ3) is 7.05. The Bertz CT molecular complexity index is 2030. The number of ether oxygens (including phenoxy) is 1. The van der Waals surface area contributed by atoms with Crippen molar-refractivity contribution < 1.29 is 50.1 Å². The highest BCUT2D eigenvalue weighted by atomic mass is 33.1. The van der Waals surface area contributed by atoms with Crippen molar-refractivity contribution in [3.05, 3.63) is 35.4 Å². The molecule has 11 rings (SSSR count). The van der Waals surface area contributed by atoms with Gasteiger partial charge in [0.05, 0.1) is 40.3 Å². The number of allylic oxidation sites excluding steroid dienone is 1. The summed E-state index contributed by atoms with van der Waals surface area (Å²) in [5.41, 5.74) is -6.38. The maximum Gasteiger partial charge on any atom is 0.234 e. The molecule has 362 valence electrons. The third-order valence-electron chi connectivity index (χ3n) is 20.0. The van der Waals surface area contributed by atoms with Crippen molar-refractivity contribution in [2.75, 3.05) is 23.8 Å². The molecular weight excluding hydrogens is 863 g/mol. The van der Waals surface area contributed by atoms with Crippen LogP contribution in [-0.2, 0) is 20.7 Å². The Kier molecular flexibility index (Phi) is 12.9. The standard InChI is InChI=1S/C52H77NO10S2/c1-7-8-9-11-32-26-53-35-20-31(21-36(55)22-35)14-17-49-18-15-37-38(51(49,62)19-16-41(49)48(6,61)44-43(63-44)30(4)29(2)3)23-42(58)50(25-40(57)39(56)24-47(37,50)5)46(60)65-64-28-34-13-10-12-33(27-54)52(32,34)45(53)59/h20-23,29-30,32-34,37,39-41,43-44,46,54-57,60-62H,7-19,24-28H2,1-6H3/t30-,32+,33-,34+,37+,39+,40-,41-,43+,44-,46-,47-,48-,49-,50+,51-,52+/m1/s1. The van der Waals surface area contributed by atoms with Crippen LogP contribution < -0.4 is 4.90 Å². The molecule has 0 aromatic heterocycles. The van der Waals surface area contributed by atoms with E-state index in [0.29, 0.717) is 68.0 Å². The average Bonchev–Trinajstić information content (AvgIpc) is 3.94. The number of phenolic OH excluding ortho intramolecular Hbond substituents is 1. The Hall–Kier alpha value is -1.68. The number of carbonyl (C=O) groups excluding carboxylic acids is 2. The predicted molar refractivity (Wildman–Crippen MR) is 254 cm³/mol. The van der Waals surface area contributed by atoms with Crippen molar-refractivity contribution >= 4 is 39.0 Å². The molecule has 1 aromatic carbocycles. The summed E-state index contributed by atoms with van der Waals surface area (Å²) < 4.78 is 6.37. The minimum atomic E-state index is -1.53. The molecule has 7 N–H and O–H groups in total. The summed E-state index contributed by atoms with van der Waals surface area (Å²) in [7, 11) is 2.68. The molecule has 3 spiro atoms. The lowest BCUT2D eigenvalue weighted by Crippen LogP contribution is -2.68. The van der Waals surface area contributed by atoms with E-state index >= 15 is 9.59 Å². The summed E-state index contributed by atoms with van der Waals surface area (Å²) in [4.78, 5) is 32.8.